The van der Waals surface area contributed by atoms with E-state index in [9.17, 15) is 14.7 Å². The second-order valence-electron chi connectivity index (χ2n) is 11.7. The standard InChI is InChI=1S/C28H47N3O4/c1-18(2)13-12-14-20(5)31-25(19(3)4)30-23(26(31)33)24(32)22(17-21-15-10-9-11-16-21)29-27(34)35-28(6,7)8/h9-11,15-16,18-20,22-25,30,32H,12-14,17H2,1-8H3,(H,29,34)/t20-,22+,23+,24+,25?/m1/s1. The molecular weight excluding hydrogens is 442 g/mol. The van der Waals surface area contributed by atoms with Crippen LogP contribution < -0.4 is 10.6 Å². The van der Waals surface area contributed by atoms with Crippen LogP contribution in [0.5, 0.6) is 0 Å². The van der Waals surface area contributed by atoms with Gasteiger partial charge in [-0.3, -0.25) is 10.1 Å². The molecule has 7 nitrogen and oxygen atoms in total. The number of hydrogen-bond acceptors (Lipinski definition) is 5. The average molecular weight is 490 g/mol. The number of rotatable bonds is 11. The van der Waals surface area contributed by atoms with E-state index in [4.69, 9.17) is 4.74 Å². The molecule has 1 aromatic rings. The SMILES string of the molecule is CC(C)CCC[C@@H](C)N1C(=O)[C@H]([C@@H](O)[C@H](Cc2ccccc2)NC(=O)OC(C)(C)C)NC1C(C)C. The van der Waals surface area contributed by atoms with Gasteiger partial charge in [0.05, 0.1) is 18.3 Å². The largest absolute Gasteiger partial charge is 0.444 e. The van der Waals surface area contributed by atoms with Crippen molar-refractivity contribution < 1.29 is 19.4 Å². The number of aliphatic hydroxyl groups excluding tert-OH is 1. The fourth-order valence-electron chi connectivity index (χ4n) is 4.66. The van der Waals surface area contributed by atoms with Crippen molar-refractivity contribution in [2.75, 3.05) is 0 Å². The lowest BCUT2D eigenvalue weighted by molar-refractivity contribution is -0.134. The van der Waals surface area contributed by atoms with E-state index in [-0.39, 0.29) is 24.0 Å². The summed E-state index contributed by atoms with van der Waals surface area (Å²) in [6.45, 7) is 16.0. The van der Waals surface area contributed by atoms with Gasteiger partial charge in [0.2, 0.25) is 5.91 Å². The number of benzene rings is 1. The minimum absolute atomic E-state index is 0.0599. The molecule has 7 heteroatoms. The average Bonchev–Trinajstić information content (AvgIpc) is 3.09. The lowest BCUT2D eigenvalue weighted by Gasteiger charge is -2.33. The number of ether oxygens (including phenoxy) is 1. The molecule has 0 spiro atoms. The number of amides is 2. The van der Waals surface area contributed by atoms with Crippen LogP contribution in [-0.4, -0.2) is 58.0 Å². The van der Waals surface area contributed by atoms with E-state index in [1.54, 1.807) is 20.8 Å². The monoisotopic (exact) mass is 489 g/mol. The van der Waals surface area contributed by atoms with Crippen molar-refractivity contribution in [2.45, 2.75) is 117 Å². The first-order valence-corrected chi connectivity index (χ1v) is 13.1. The highest BCUT2D eigenvalue weighted by Crippen LogP contribution is 2.26. The number of carbonyl (C=O) groups is 2. The summed E-state index contributed by atoms with van der Waals surface area (Å²) < 4.78 is 5.45. The number of nitrogens with zero attached hydrogens (tertiary/aromatic N) is 1. The van der Waals surface area contributed by atoms with Gasteiger partial charge in [0.25, 0.3) is 0 Å². The van der Waals surface area contributed by atoms with Gasteiger partial charge in [-0.1, -0.05) is 70.9 Å². The van der Waals surface area contributed by atoms with Crippen molar-refractivity contribution in [3.63, 3.8) is 0 Å². The predicted octanol–water partition coefficient (Wildman–Crippen LogP) is 4.48. The third-order valence-corrected chi connectivity index (χ3v) is 6.43. The second kappa shape index (κ2) is 12.7. The number of hydrogen-bond donors (Lipinski definition) is 3. The summed E-state index contributed by atoms with van der Waals surface area (Å²) in [5.74, 6) is 0.690. The summed E-state index contributed by atoms with van der Waals surface area (Å²) in [4.78, 5) is 28.2. The van der Waals surface area contributed by atoms with Crippen LogP contribution in [-0.2, 0) is 16.0 Å². The topological polar surface area (TPSA) is 90.9 Å². The molecule has 198 valence electrons. The molecule has 0 bridgehead atoms. The van der Waals surface area contributed by atoms with Gasteiger partial charge in [-0.05, 0) is 57.9 Å². The van der Waals surface area contributed by atoms with Gasteiger partial charge in [0.15, 0.2) is 0 Å². The Kier molecular flexibility index (Phi) is 10.6. The highest BCUT2D eigenvalue weighted by molar-refractivity contribution is 5.85. The minimum Gasteiger partial charge on any atom is -0.444 e. The number of aliphatic hydroxyl groups is 1. The molecule has 0 aliphatic carbocycles. The van der Waals surface area contributed by atoms with Gasteiger partial charge in [-0.15, -0.1) is 0 Å². The fraction of sp³-hybridized carbons (Fsp3) is 0.714. The molecule has 2 rings (SSSR count). The molecule has 1 heterocycles. The van der Waals surface area contributed by atoms with E-state index in [0.717, 1.165) is 24.8 Å². The molecular formula is C28H47N3O4. The molecule has 5 atom stereocenters. The van der Waals surface area contributed by atoms with Crippen LogP contribution >= 0.6 is 0 Å². The molecule has 35 heavy (non-hydrogen) atoms. The van der Waals surface area contributed by atoms with Crippen LogP contribution in [0.25, 0.3) is 0 Å². The molecule has 1 unspecified atom stereocenters. The van der Waals surface area contributed by atoms with Crippen molar-refractivity contribution in [3.8, 4) is 0 Å². The van der Waals surface area contributed by atoms with E-state index in [1.165, 1.54) is 0 Å². The van der Waals surface area contributed by atoms with Crippen LogP contribution in [0.1, 0.15) is 80.2 Å². The van der Waals surface area contributed by atoms with Gasteiger partial charge in [-0.2, -0.15) is 0 Å². The highest BCUT2D eigenvalue weighted by atomic mass is 16.6. The Bertz CT molecular complexity index is 806. The van der Waals surface area contributed by atoms with Crippen molar-refractivity contribution in [3.05, 3.63) is 35.9 Å². The summed E-state index contributed by atoms with van der Waals surface area (Å²) in [6.07, 6.45) is 1.57. The van der Waals surface area contributed by atoms with Crippen LogP contribution in [0.2, 0.25) is 0 Å². The van der Waals surface area contributed by atoms with Crippen molar-refractivity contribution in [1.29, 1.82) is 0 Å². The van der Waals surface area contributed by atoms with Crippen LogP contribution in [0, 0.1) is 11.8 Å². The van der Waals surface area contributed by atoms with Crippen LogP contribution in [0.15, 0.2) is 30.3 Å². The summed E-state index contributed by atoms with van der Waals surface area (Å²) in [6, 6.07) is 8.20. The zero-order valence-corrected chi connectivity index (χ0v) is 22.9. The van der Waals surface area contributed by atoms with Crippen LogP contribution in [0.4, 0.5) is 4.79 Å². The molecule has 1 aromatic carbocycles. The summed E-state index contributed by atoms with van der Waals surface area (Å²) >= 11 is 0. The van der Waals surface area contributed by atoms with Gasteiger partial charge in [0.1, 0.15) is 11.6 Å². The van der Waals surface area contributed by atoms with Gasteiger partial charge in [0, 0.05) is 6.04 Å². The summed E-state index contributed by atoms with van der Waals surface area (Å²) in [5, 5.41) is 17.7. The van der Waals surface area contributed by atoms with Crippen molar-refractivity contribution in [2.24, 2.45) is 11.8 Å². The molecule has 3 N–H and O–H groups in total. The predicted molar refractivity (Wildman–Crippen MR) is 140 cm³/mol. The van der Waals surface area contributed by atoms with Gasteiger partial charge >= 0.3 is 6.09 Å². The van der Waals surface area contributed by atoms with Crippen molar-refractivity contribution >= 4 is 12.0 Å². The van der Waals surface area contributed by atoms with Crippen molar-refractivity contribution in [1.82, 2.24) is 15.5 Å². The Morgan fingerprint density at radius 3 is 2.29 bits per heavy atom. The first-order chi connectivity index (χ1) is 16.3. The zero-order valence-electron chi connectivity index (χ0n) is 22.9. The smallest absolute Gasteiger partial charge is 0.407 e. The Hall–Kier alpha value is -2.12. The molecule has 0 radical (unpaired) electrons. The lowest BCUT2D eigenvalue weighted by atomic mass is 9.96. The molecule has 1 aliphatic rings. The van der Waals surface area contributed by atoms with E-state index in [2.05, 4.69) is 45.3 Å². The Labute approximate surface area is 212 Å². The quantitative estimate of drug-likeness (QED) is 0.426. The van der Waals surface area contributed by atoms with E-state index < -0.39 is 29.9 Å². The summed E-state index contributed by atoms with van der Waals surface area (Å²) in [5.41, 5.74) is 0.288. The lowest BCUT2D eigenvalue weighted by Crippen LogP contribution is -2.55. The maximum absolute atomic E-state index is 13.6. The third kappa shape index (κ3) is 8.80. The Balaban J connectivity index is 2.23. The maximum Gasteiger partial charge on any atom is 0.407 e. The number of carbonyl (C=O) groups excluding carboxylic acids is 2. The summed E-state index contributed by atoms with van der Waals surface area (Å²) in [7, 11) is 0. The van der Waals surface area contributed by atoms with E-state index in [1.807, 2.05) is 35.2 Å². The zero-order chi connectivity index (χ0) is 26.3. The maximum atomic E-state index is 13.6. The first kappa shape index (κ1) is 29.1. The molecule has 0 saturated carbocycles. The normalized spacial score (nSPS) is 21.3. The van der Waals surface area contributed by atoms with Gasteiger partial charge < -0.3 is 20.1 Å². The molecule has 1 fully saturated rings. The molecule has 1 saturated heterocycles. The van der Waals surface area contributed by atoms with Gasteiger partial charge in [-0.25, -0.2) is 4.79 Å². The number of alkyl carbamates (subject to hydrolysis) is 1. The number of nitrogens with one attached hydrogen (secondary N) is 2. The minimum atomic E-state index is -1.12. The van der Waals surface area contributed by atoms with Crippen LogP contribution in [0.3, 0.4) is 0 Å². The molecule has 1 aliphatic heterocycles. The fourth-order valence-corrected chi connectivity index (χ4v) is 4.66. The van der Waals surface area contributed by atoms with E-state index >= 15 is 0 Å². The second-order valence-corrected chi connectivity index (χ2v) is 11.7. The Morgan fingerprint density at radius 2 is 1.74 bits per heavy atom. The molecule has 0 aromatic heterocycles. The highest BCUT2D eigenvalue weighted by Gasteiger charge is 2.47. The van der Waals surface area contributed by atoms with E-state index in [0.29, 0.717) is 12.3 Å². The molecule has 2 amide bonds. The Morgan fingerprint density at radius 1 is 1.11 bits per heavy atom. The first-order valence-electron chi connectivity index (χ1n) is 13.1. The third-order valence-electron chi connectivity index (χ3n) is 6.43.